The minimum Gasteiger partial charge on any atom is -0.334 e. The molecule has 3 rings (SSSR count). The van der Waals surface area contributed by atoms with Gasteiger partial charge in [-0.2, -0.15) is 0 Å². The molecule has 0 aliphatic carbocycles. The van der Waals surface area contributed by atoms with Gasteiger partial charge in [-0.1, -0.05) is 23.2 Å². The lowest BCUT2D eigenvalue weighted by atomic mass is 10.1. The van der Waals surface area contributed by atoms with Crippen LogP contribution in [0.1, 0.15) is 23.8 Å². The van der Waals surface area contributed by atoms with Crippen molar-refractivity contribution >= 4 is 40.4 Å². The van der Waals surface area contributed by atoms with Gasteiger partial charge in [0.05, 0.1) is 5.02 Å². The lowest BCUT2D eigenvalue weighted by Crippen LogP contribution is -2.34. The van der Waals surface area contributed by atoms with Crippen LogP contribution in [0.25, 0.3) is 10.6 Å². The van der Waals surface area contributed by atoms with Gasteiger partial charge < -0.3 is 10.6 Å². The molecule has 4 nitrogen and oxygen atoms in total. The van der Waals surface area contributed by atoms with Gasteiger partial charge >= 0.3 is 0 Å². The molecule has 2 heterocycles. The number of hydrogen-bond donors (Lipinski definition) is 1. The van der Waals surface area contributed by atoms with Gasteiger partial charge in [0, 0.05) is 28.6 Å². The molecular weight excluding hydrogens is 353 g/mol. The van der Waals surface area contributed by atoms with Crippen molar-refractivity contribution in [1.82, 2.24) is 9.88 Å². The van der Waals surface area contributed by atoms with Crippen LogP contribution in [-0.2, 0) is 0 Å². The predicted octanol–water partition coefficient (Wildman–Crippen LogP) is 3.93. The quantitative estimate of drug-likeness (QED) is 0.891. The fraction of sp³-hybridized carbons (Fsp3) is 0.375. The number of thiazole rings is 1. The first-order valence-corrected chi connectivity index (χ1v) is 9.05. The summed E-state index contributed by atoms with van der Waals surface area (Å²) in [7, 11) is 0. The molecule has 1 aliphatic rings. The Kier molecular flexibility index (Phi) is 4.92. The summed E-state index contributed by atoms with van der Waals surface area (Å²) in [6.07, 6.45) is 0.947. The number of likely N-dealkylation sites (tertiary alicyclic amines) is 1. The average Bonchev–Trinajstić information content (AvgIpc) is 3.13. The Bertz CT molecular complexity index is 734. The van der Waals surface area contributed by atoms with Crippen molar-refractivity contribution < 1.29 is 4.79 Å². The van der Waals surface area contributed by atoms with Crippen LogP contribution in [0.3, 0.4) is 0 Å². The maximum atomic E-state index is 12.7. The highest BCUT2D eigenvalue weighted by atomic mass is 35.5. The second-order valence-corrected chi connectivity index (χ2v) is 7.51. The normalized spacial score (nSPS) is 21.0. The van der Waals surface area contributed by atoms with E-state index in [4.69, 9.17) is 28.9 Å². The van der Waals surface area contributed by atoms with E-state index in [0.29, 0.717) is 34.7 Å². The van der Waals surface area contributed by atoms with E-state index in [0.717, 1.165) is 17.0 Å². The van der Waals surface area contributed by atoms with Crippen molar-refractivity contribution in [2.45, 2.75) is 19.4 Å². The molecule has 1 aromatic heterocycles. The molecule has 2 aromatic rings. The van der Waals surface area contributed by atoms with Crippen molar-refractivity contribution in [2.24, 2.45) is 11.7 Å². The van der Waals surface area contributed by atoms with E-state index < -0.39 is 0 Å². The molecule has 1 aromatic carbocycles. The monoisotopic (exact) mass is 369 g/mol. The molecule has 2 atom stereocenters. The van der Waals surface area contributed by atoms with Crippen LogP contribution in [0.4, 0.5) is 0 Å². The standard InChI is InChI=1S/C16H17Cl2N3OS/c1-9-4-10(6-19)7-21(9)16(22)14-8-23-15(20-14)12-3-2-11(17)5-13(12)18/h2-3,5,8-10H,4,6-7,19H2,1H3. The van der Waals surface area contributed by atoms with Crippen LogP contribution >= 0.6 is 34.5 Å². The zero-order valence-corrected chi connectivity index (χ0v) is 15.0. The summed E-state index contributed by atoms with van der Waals surface area (Å²) < 4.78 is 0. The smallest absolute Gasteiger partial charge is 0.273 e. The van der Waals surface area contributed by atoms with Gasteiger partial charge in [-0.05, 0) is 44.0 Å². The Labute approximate surface area is 149 Å². The van der Waals surface area contributed by atoms with Crippen LogP contribution in [0.2, 0.25) is 10.0 Å². The number of aromatic nitrogens is 1. The zero-order chi connectivity index (χ0) is 16.6. The largest absolute Gasteiger partial charge is 0.334 e. The van der Waals surface area contributed by atoms with Crippen LogP contribution in [0, 0.1) is 5.92 Å². The number of halogens is 2. The molecular formula is C16H17Cl2N3OS. The molecule has 0 spiro atoms. The number of hydrogen-bond acceptors (Lipinski definition) is 4. The molecule has 0 bridgehead atoms. The summed E-state index contributed by atoms with van der Waals surface area (Å²) in [5.74, 6) is 0.332. The van der Waals surface area contributed by atoms with Gasteiger partial charge in [0.15, 0.2) is 0 Å². The molecule has 7 heteroatoms. The summed E-state index contributed by atoms with van der Waals surface area (Å²) in [6.45, 7) is 3.36. The third-order valence-electron chi connectivity index (χ3n) is 4.14. The summed E-state index contributed by atoms with van der Waals surface area (Å²) in [5.41, 5.74) is 6.97. The maximum absolute atomic E-state index is 12.7. The fourth-order valence-electron chi connectivity index (χ4n) is 2.90. The van der Waals surface area contributed by atoms with Gasteiger partial charge in [0.25, 0.3) is 5.91 Å². The predicted molar refractivity (Wildman–Crippen MR) is 95.2 cm³/mol. The first-order valence-electron chi connectivity index (χ1n) is 7.41. The van der Waals surface area contributed by atoms with Crippen LogP contribution < -0.4 is 5.73 Å². The Morgan fingerprint density at radius 2 is 2.26 bits per heavy atom. The third-order valence-corrected chi connectivity index (χ3v) is 5.56. The van der Waals surface area contributed by atoms with Crippen molar-refractivity contribution in [3.05, 3.63) is 39.3 Å². The number of amides is 1. The number of rotatable bonds is 3. The molecule has 1 aliphatic heterocycles. The second kappa shape index (κ2) is 6.77. The molecule has 2 unspecified atom stereocenters. The number of carbonyl (C=O) groups is 1. The number of benzene rings is 1. The van der Waals surface area contributed by atoms with Crippen molar-refractivity contribution in [3.8, 4) is 10.6 Å². The highest BCUT2D eigenvalue weighted by Gasteiger charge is 2.33. The second-order valence-electron chi connectivity index (χ2n) is 5.81. The van der Waals surface area contributed by atoms with Crippen molar-refractivity contribution in [2.75, 3.05) is 13.1 Å². The van der Waals surface area contributed by atoms with Crippen LogP contribution in [0.5, 0.6) is 0 Å². The van der Waals surface area contributed by atoms with E-state index in [9.17, 15) is 4.79 Å². The summed E-state index contributed by atoms with van der Waals surface area (Å²) in [6, 6.07) is 5.46. The average molecular weight is 370 g/mol. The Hall–Kier alpha value is -1.14. The summed E-state index contributed by atoms with van der Waals surface area (Å²) >= 11 is 13.5. The van der Waals surface area contributed by atoms with Gasteiger partial charge in [0.1, 0.15) is 10.7 Å². The van der Waals surface area contributed by atoms with Gasteiger partial charge in [-0.3, -0.25) is 4.79 Å². The van der Waals surface area contributed by atoms with E-state index in [1.165, 1.54) is 11.3 Å². The first kappa shape index (κ1) is 16.7. The highest BCUT2D eigenvalue weighted by molar-refractivity contribution is 7.13. The molecule has 2 N–H and O–H groups in total. The molecule has 0 radical (unpaired) electrons. The fourth-order valence-corrected chi connectivity index (χ4v) is 4.29. The lowest BCUT2D eigenvalue weighted by molar-refractivity contribution is 0.0738. The number of carbonyl (C=O) groups excluding carboxylic acids is 1. The van der Waals surface area contributed by atoms with Gasteiger partial charge in [0.2, 0.25) is 0 Å². The molecule has 122 valence electrons. The highest BCUT2D eigenvalue weighted by Crippen LogP contribution is 2.33. The third kappa shape index (κ3) is 3.38. The molecule has 1 fully saturated rings. The van der Waals surface area contributed by atoms with E-state index in [1.54, 1.807) is 17.5 Å². The van der Waals surface area contributed by atoms with Gasteiger partial charge in [-0.25, -0.2) is 4.98 Å². The summed E-state index contributed by atoms with van der Waals surface area (Å²) in [5, 5.41) is 3.61. The topological polar surface area (TPSA) is 59.2 Å². The van der Waals surface area contributed by atoms with E-state index >= 15 is 0 Å². The van der Waals surface area contributed by atoms with E-state index in [2.05, 4.69) is 11.9 Å². The van der Waals surface area contributed by atoms with Gasteiger partial charge in [-0.15, -0.1) is 11.3 Å². The Balaban J connectivity index is 1.83. The van der Waals surface area contributed by atoms with E-state index in [-0.39, 0.29) is 11.9 Å². The molecule has 1 saturated heterocycles. The Morgan fingerprint density at radius 1 is 1.48 bits per heavy atom. The minimum atomic E-state index is -0.0407. The molecule has 0 saturated carbocycles. The zero-order valence-electron chi connectivity index (χ0n) is 12.6. The molecule has 23 heavy (non-hydrogen) atoms. The van der Waals surface area contributed by atoms with E-state index in [1.807, 2.05) is 11.0 Å². The van der Waals surface area contributed by atoms with Crippen molar-refractivity contribution in [1.29, 1.82) is 0 Å². The van der Waals surface area contributed by atoms with Crippen molar-refractivity contribution in [3.63, 3.8) is 0 Å². The molecule has 1 amide bonds. The lowest BCUT2D eigenvalue weighted by Gasteiger charge is -2.20. The first-order chi connectivity index (χ1) is 11.0. The number of nitrogens with zero attached hydrogens (tertiary/aromatic N) is 2. The SMILES string of the molecule is CC1CC(CN)CN1C(=O)c1csc(-c2ccc(Cl)cc2Cl)n1. The van der Waals surface area contributed by atoms with Crippen LogP contribution in [-0.4, -0.2) is 34.9 Å². The van der Waals surface area contributed by atoms with Crippen LogP contribution in [0.15, 0.2) is 23.6 Å². The minimum absolute atomic E-state index is 0.0407. The Morgan fingerprint density at radius 3 is 2.91 bits per heavy atom. The summed E-state index contributed by atoms with van der Waals surface area (Å²) in [4.78, 5) is 19.0. The number of nitrogens with two attached hydrogens (primary N) is 1. The maximum Gasteiger partial charge on any atom is 0.273 e.